The summed E-state index contributed by atoms with van der Waals surface area (Å²) in [7, 11) is 0. The number of hydrogen-bond acceptors (Lipinski definition) is 3. The Morgan fingerprint density at radius 2 is 2.00 bits per heavy atom. The second-order valence-electron chi connectivity index (χ2n) is 1.54. The second kappa shape index (κ2) is 2.17. The van der Waals surface area contributed by atoms with Crippen molar-refractivity contribution in [2.24, 2.45) is 0 Å². The van der Waals surface area contributed by atoms with E-state index in [4.69, 9.17) is 0 Å². The molecule has 8 heavy (non-hydrogen) atoms. The Hall–Kier alpha value is -0.510. The van der Waals surface area contributed by atoms with Gasteiger partial charge in [0.05, 0.1) is 5.37 Å². The van der Waals surface area contributed by atoms with Gasteiger partial charge < -0.3 is 4.57 Å². The zero-order valence-electron chi connectivity index (χ0n) is 4.52. The lowest BCUT2D eigenvalue weighted by Crippen LogP contribution is -1.92. The van der Waals surface area contributed by atoms with Crippen molar-refractivity contribution in [2.45, 2.75) is 12.3 Å². The predicted octanol–water partition coefficient (Wildman–Crippen LogP) is 0.726. The second-order valence-corrected chi connectivity index (χ2v) is 2.29. The third-order valence-electron chi connectivity index (χ3n) is 0.868. The van der Waals surface area contributed by atoms with Crippen LogP contribution in [-0.4, -0.2) is 14.8 Å². The third kappa shape index (κ3) is 1.01. The molecule has 0 amide bonds. The first-order valence-corrected chi connectivity index (χ1v) is 2.84. The van der Waals surface area contributed by atoms with Gasteiger partial charge in [0.1, 0.15) is 12.7 Å². The van der Waals surface area contributed by atoms with Crippen LogP contribution in [0.4, 0.5) is 0 Å². The quantitative estimate of drug-likeness (QED) is 0.566. The van der Waals surface area contributed by atoms with Crippen LogP contribution in [-0.2, 0) is 0 Å². The van der Waals surface area contributed by atoms with Gasteiger partial charge in [-0.15, -0.1) is 10.2 Å². The zero-order chi connectivity index (χ0) is 5.98. The maximum Gasteiger partial charge on any atom is 0.120 e. The minimum absolute atomic E-state index is 0.171. The molecule has 0 aliphatic heterocycles. The lowest BCUT2D eigenvalue weighted by molar-refractivity contribution is 0.741. The van der Waals surface area contributed by atoms with Gasteiger partial charge in [0.25, 0.3) is 0 Å². The fourth-order valence-electron chi connectivity index (χ4n) is 0.402. The van der Waals surface area contributed by atoms with Crippen LogP contribution in [0, 0.1) is 0 Å². The van der Waals surface area contributed by atoms with Crippen LogP contribution in [0.15, 0.2) is 12.7 Å². The molecule has 0 spiro atoms. The molecule has 0 radical (unpaired) electrons. The number of rotatable bonds is 1. The average Bonchev–Trinajstić information content (AvgIpc) is 2.12. The number of aromatic nitrogens is 3. The smallest absolute Gasteiger partial charge is 0.120 e. The maximum absolute atomic E-state index is 4.14. The molecule has 3 nitrogen and oxygen atoms in total. The highest BCUT2D eigenvalue weighted by Gasteiger charge is 1.92. The van der Waals surface area contributed by atoms with E-state index in [0.717, 1.165) is 0 Å². The van der Waals surface area contributed by atoms with Crippen LogP contribution >= 0.6 is 12.6 Å². The van der Waals surface area contributed by atoms with Crippen molar-refractivity contribution in [1.29, 1.82) is 0 Å². The molecule has 1 heterocycles. The van der Waals surface area contributed by atoms with Gasteiger partial charge in [0.15, 0.2) is 0 Å². The molecule has 0 aliphatic carbocycles. The molecular weight excluding hydrogens is 122 g/mol. The van der Waals surface area contributed by atoms with E-state index in [1.165, 1.54) is 0 Å². The molecular formula is C4H7N3S. The maximum atomic E-state index is 4.14. The van der Waals surface area contributed by atoms with Gasteiger partial charge in [0, 0.05) is 0 Å². The Balaban J connectivity index is 2.77. The minimum atomic E-state index is 0.171. The predicted molar refractivity (Wildman–Crippen MR) is 33.7 cm³/mol. The summed E-state index contributed by atoms with van der Waals surface area (Å²) < 4.78 is 1.81. The van der Waals surface area contributed by atoms with Crippen LogP contribution in [0.5, 0.6) is 0 Å². The highest BCUT2D eigenvalue weighted by atomic mass is 32.1. The van der Waals surface area contributed by atoms with Crippen molar-refractivity contribution < 1.29 is 0 Å². The molecule has 4 heteroatoms. The Kier molecular flexibility index (Phi) is 1.53. The summed E-state index contributed by atoms with van der Waals surface area (Å²) in [5, 5.41) is 7.39. The van der Waals surface area contributed by atoms with Crippen molar-refractivity contribution in [1.82, 2.24) is 14.8 Å². The third-order valence-corrected chi connectivity index (χ3v) is 1.13. The van der Waals surface area contributed by atoms with Crippen molar-refractivity contribution in [2.75, 3.05) is 0 Å². The fraction of sp³-hybridized carbons (Fsp3) is 0.500. The highest BCUT2D eigenvalue weighted by Crippen LogP contribution is 2.05. The van der Waals surface area contributed by atoms with Crippen molar-refractivity contribution >= 4 is 12.6 Å². The molecule has 0 bridgehead atoms. The van der Waals surface area contributed by atoms with Crippen LogP contribution < -0.4 is 0 Å². The normalized spacial score (nSPS) is 13.8. The summed E-state index contributed by atoms with van der Waals surface area (Å²) in [4.78, 5) is 0. The SMILES string of the molecule is CC(S)n1cnnc1. The number of nitrogens with zero attached hydrogens (tertiary/aromatic N) is 3. The Bertz CT molecular complexity index is 146. The minimum Gasteiger partial charge on any atom is -0.308 e. The molecule has 1 atom stereocenters. The monoisotopic (exact) mass is 129 g/mol. The van der Waals surface area contributed by atoms with E-state index in [1.807, 2.05) is 11.5 Å². The Morgan fingerprint density at radius 1 is 1.50 bits per heavy atom. The molecule has 1 aromatic heterocycles. The average molecular weight is 129 g/mol. The topological polar surface area (TPSA) is 30.7 Å². The first-order valence-electron chi connectivity index (χ1n) is 2.33. The summed E-state index contributed by atoms with van der Waals surface area (Å²) in [6.07, 6.45) is 3.27. The van der Waals surface area contributed by atoms with Crippen molar-refractivity contribution in [3.63, 3.8) is 0 Å². The number of hydrogen-bond donors (Lipinski definition) is 1. The van der Waals surface area contributed by atoms with Crippen LogP contribution in [0.3, 0.4) is 0 Å². The van der Waals surface area contributed by atoms with E-state index in [2.05, 4.69) is 22.8 Å². The fourth-order valence-corrected chi connectivity index (χ4v) is 0.521. The Morgan fingerprint density at radius 3 is 2.25 bits per heavy atom. The molecule has 0 aliphatic rings. The summed E-state index contributed by atoms with van der Waals surface area (Å²) >= 11 is 4.14. The van der Waals surface area contributed by atoms with E-state index < -0.39 is 0 Å². The molecule has 0 saturated carbocycles. The van der Waals surface area contributed by atoms with E-state index in [9.17, 15) is 0 Å². The van der Waals surface area contributed by atoms with Crippen LogP contribution in [0.1, 0.15) is 12.3 Å². The van der Waals surface area contributed by atoms with Crippen molar-refractivity contribution in [3.8, 4) is 0 Å². The summed E-state index contributed by atoms with van der Waals surface area (Å²) in [5.41, 5.74) is 0. The molecule has 0 saturated heterocycles. The molecule has 1 aromatic rings. The van der Waals surface area contributed by atoms with E-state index in [1.54, 1.807) is 12.7 Å². The first kappa shape index (κ1) is 5.62. The molecule has 0 fully saturated rings. The van der Waals surface area contributed by atoms with E-state index >= 15 is 0 Å². The van der Waals surface area contributed by atoms with Gasteiger partial charge in [0.2, 0.25) is 0 Å². The van der Waals surface area contributed by atoms with E-state index in [0.29, 0.717) is 0 Å². The largest absolute Gasteiger partial charge is 0.308 e. The molecule has 44 valence electrons. The molecule has 1 unspecified atom stereocenters. The molecule has 0 N–H and O–H groups in total. The standard InChI is InChI=1S/C4H7N3S/c1-4(8)7-2-5-6-3-7/h2-4,8H,1H3. The summed E-state index contributed by atoms with van der Waals surface area (Å²) in [6.45, 7) is 1.95. The Labute approximate surface area is 53.1 Å². The van der Waals surface area contributed by atoms with Gasteiger partial charge in [-0.25, -0.2) is 0 Å². The number of thiol groups is 1. The van der Waals surface area contributed by atoms with Gasteiger partial charge in [-0.05, 0) is 6.92 Å². The lowest BCUT2D eigenvalue weighted by Gasteiger charge is -2.00. The van der Waals surface area contributed by atoms with Crippen LogP contribution in [0.2, 0.25) is 0 Å². The zero-order valence-corrected chi connectivity index (χ0v) is 5.42. The summed E-state index contributed by atoms with van der Waals surface area (Å²) in [6, 6.07) is 0. The van der Waals surface area contributed by atoms with Gasteiger partial charge in [-0.3, -0.25) is 0 Å². The molecule has 1 rings (SSSR count). The van der Waals surface area contributed by atoms with Crippen molar-refractivity contribution in [3.05, 3.63) is 12.7 Å². The molecule has 0 aromatic carbocycles. The van der Waals surface area contributed by atoms with Gasteiger partial charge in [-0.1, -0.05) is 0 Å². The van der Waals surface area contributed by atoms with E-state index in [-0.39, 0.29) is 5.37 Å². The summed E-state index contributed by atoms with van der Waals surface area (Å²) in [5.74, 6) is 0. The van der Waals surface area contributed by atoms with Gasteiger partial charge in [-0.2, -0.15) is 12.6 Å². The van der Waals surface area contributed by atoms with Crippen LogP contribution in [0.25, 0.3) is 0 Å². The highest BCUT2D eigenvalue weighted by molar-refractivity contribution is 7.80. The lowest BCUT2D eigenvalue weighted by atomic mass is 10.7. The first-order chi connectivity index (χ1) is 3.80. The van der Waals surface area contributed by atoms with Gasteiger partial charge >= 0.3 is 0 Å².